The summed E-state index contributed by atoms with van der Waals surface area (Å²) in [6.07, 6.45) is 0. The molecule has 0 radical (unpaired) electrons. The summed E-state index contributed by atoms with van der Waals surface area (Å²) in [4.78, 5) is 28.5. The van der Waals surface area contributed by atoms with Gasteiger partial charge in [0.2, 0.25) is 10.0 Å². The third kappa shape index (κ3) is 3.93. The van der Waals surface area contributed by atoms with E-state index in [4.69, 9.17) is 0 Å². The van der Waals surface area contributed by atoms with Crippen molar-refractivity contribution in [2.75, 3.05) is 32.8 Å². The molecule has 2 heterocycles. The van der Waals surface area contributed by atoms with Crippen molar-refractivity contribution in [1.82, 2.24) is 19.4 Å². The number of nitrogens with one attached hydrogen (secondary N) is 1. The van der Waals surface area contributed by atoms with Crippen LogP contribution in [0.15, 0.2) is 59.5 Å². The first-order chi connectivity index (χ1) is 14.7. The topological polar surface area (TPSA) is 90.0 Å². The van der Waals surface area contributed by atoms with Gasteiger partial charge in [0.1, 0.15) is 11.4 Å². The van der Waals surface area contributed by atoms with Gasteiger partial charge in [0.15, 0.2) is 0 Å². The van der Waals surface area contributed by atoms with Crippen LogP contribution in [0.2, 0.25) is 0 Å². The van der Waals surface area contributed by atoms with Crippen LogP contribution in [0.5, 0.6) is 0 Å². The Labute approximate surface area is 180 Å². The van der Waals surface area contributed by atoms with Crippen LogP contribution >= 0.6 is 0 Å². The average Bonchev–Trinajstić information content (AvgIpc) is 2.99. The second-order valence-corrected chi connectivity index (χ2v) is 9.71. The number of rotatable bonds is 5. The molecule has 0 aliphatic carbocycles. The van der Waals surface area contributed by atoms with Crippen LogP contribution < -0.4 is 5.32 Å². The molecule has 3 amide bonds. The molecule has 164 valence electrons. The number of carbonyl (C=O) groups is 2. The number of urea groups is 1. The van der Waals surface area contributed by atoms with Crippen molar-refractivity contribution in [1.29, 1.82) is 0 Å². The van der Waals surface area contributed by atoms with Gasteiger partial charge in [0.05, 0.1) is 11.6 Å². The first kappa shape index (κ1) is 21.4. The number of carbonyl (C=O) groups excluding carboxylic acids is 2. The van der Waals surface area contributed by atoms with E-state index in [1.807, 2.05) is 11.0 Å². The highest BCUT2D eigenvalue weighted by Crippen LogP contribution is 2.29. The van der Waals surface area contributed by atoms with E-state index < -0.39 is 27.4 Å². The van der Waals surface area contributed by atoms with Gasteiger partial charge in [-0.1, -0.05) is 36.4 Å². The quantitative estimate of drug-likeness (QED) is 0.704. The number of sulfonamides is 1. The molecule has 1 N–H and O–H groups in total. The molecule has 8 nitrogen and oxygen atoms in total. The third-order valence-corrected chi connectivity index (χ3v) is 7.63. The molecule has 2 saturated heterocycles. The Kier molecular flexibility index (Phi) is 5.54. The fourth-order valence-corrected chi connectivity index (χ4v) is 5.33. The number of imide groups is 1. The Bertz CT molecular complexity index is 1100. The minimum atomic E-state index is -3.80. The summed E-state index contributed by atoms with van der Waals surface area (Å²) in [6, 6.07) is 13.5. The standard InChI is InChI=1S/C21H23FN4O4S/c1-21(16-6-3-2-4-7-16)19(27)26(20(28)23-21)15-24-10-12-25(13-11-24)31(29,30)18-9-5-8-17(22)14-18/h2-9,14H,10-13,15H2,1H3,(H,23,28)/t21-/m1/s1. The van der Waals surface area contributed by atoms with E-state index in [1.165, 1.54) is 22.5 Å². The minimum Gasteiger partial charge on any atom is -0.319 e. The van der Waals surface area contributed by atoms with Gasteiger partial charge in [-0.15, -0.1) is 0 Å². The van der Waals surface area contributed by atoms with Crippen molar-refractivity contribution in [3.8, 4) is 0 Å². The average molecular weight is 447 g/mol. The normalized spacial score (nSPS) is 23.2. The second kappa shape index (κ2) is 8.03. The zero-order valence-corrected chi connectivity index (χ0v) is 17.8. The van der Waals surface area contributed by atoms with Crippen LogP contribution in [-0.2, 0) is 20.4 Å². The highest BCUT2D eigenvalue weighted by Gasteiger charge is 2.49. The van der Waals surface area contributed by atoms with E-state index in [1.54, 1.807) is 31.2 Å². The summed E-state index contributed by atoms with van der Waals surface area (Å²) in [5.74, 6) is -0.960. The van der Waals surface area contributed by atoms with Crippen LogP contribution in [0.4, 0.5) is 9.18 Å². The van der Waals surface area contributed by atoms with Gasteiger partial charge in [-0.25, -0.2) is 22.5 Å². The molecule has 10 heteroatoms. The minimum absolute atomic E-state index is 0.0704. The van der Waals surface area contributed by atoms with E-state index in [-0.39, 0.29) is 30.6 Å². The molecule has 31 heavy (non-hydrogen) atoms. The number of nitrogens with zero attached hydrogens (tertiary/aromatic N) is 3. The Morgan fingerprint density at radius 3 is 2.32 bits per heavy atom. The molecule has 2 aliphatic heterocycles. The van der Waals surface area contributed by atoms with Crippen LogP contribution in [0.25, 0.3) is 0 Å². The number of amides is 3. The lowest BCUT2D eigenvalue weighted by Gasteiger charge is -2.35. The van der Waals surface area contributed by atoms with Gasteiger partial charge < -0.3 is 5.32 Å². The van der Waals surface area contributed by atoms with E-state index in [0.29, 0.717) is 18.7 Å². The summed E-state index contributed by atoms with van der Waals surface area (Å²) >= 11 is 0. The maximum Gasteiger partial charge on any atom is 0.326 e. The molecular formula is C21H23FN4O4S. The molecule has 0 spiro atoms. The van der Waals surface area contributed by atoms with Crippen molar-refractivity contribution >= 4 is 22.0 Å². The summed E-state index contributed by atoms with van der Waals surface area (Å²) in [7, 11) is -3.80. The van der Waals surface area contributed by atoms with Gasteiger partial charge in [-0.05, 0) is 30.7 Å². The zero-order chi connectivity index (χ0) is 22.2. The predicted molar refractivity (Wildman–Crippen MR) is 111 cm³/mol. The number of piperazine rings is 1. The maximum absolute atomic E-state index is 13.4. The Balaban J connectivity index is 1.41. The lowest BCUT2D eigenvalue weighted by atomic mass is 9.92. The summed E-state index contributed by atoms with van der Waals surface area (Å²) in [6.45, 7) is 2.78. The molecule has 0 bridgehead atoms. The first-order valence-electron chi connectivity index (χ1n) is 9.89. The molecule has 2 aromatic carbocycles. The van der Waals surface area contributed by atoms with E-state index in [9.17, 15) is 22.4 Å². The Morgan fingerprint density at radius 2 is 1.68 bits per heavy atom. The third-order valence-electron chi connectivity index (χ3n) is 5.73. The molecule has 2 fully saturated rings. The van der Waals surface area contributed by atoms with Crippen molar-refractivity contribution in [2.45, 2.75) is 17.4 Å². The van der Waals surface area contributed by atoms with Gasteiger partial charge in [-0.3, -0.25) is 9.69 Å². The van der Waals surface area contributed by atoms with Crippen molar-refractivity contribution in [2.24, 2.45) is 0 Å². The number of benzene rings is 2. The fourth-order valence-electron chi connectivity index (χ4n) is 3.88. The SMILES string of the molecule is C[C@]1(c2ccccc2)NC(=O)N(CN2CCN(S(=O)(=O)c3cccc(F)c3)CC2)C1=O. The van der Waals surface area contributed by atoms with Crippen LogP contribution in [0.3, 0.4) is 0 Å². The largest absolute Gasteiger partial charge is 0.326 e. The molecule has 0 aromatic heterocycles. The monoisotopic (exact) mass is 446 g/mol. The molecule has 2 aliphatic rings. The van der Waals surface area contributed by atoms with Crippen LogP contribution in [-0.4, -0.2) is 67.3 Å². The van der Waals surface area contributed by atoms with Crippen molar-refractivity contribution in [3.63, 3.8) is 0 Å². The fraction of sp³-hybridized carbons (Fsp3) is 0.333. The van der Waals surface area contributed by atoms with Gasteiger partial charge in [0, 0.05) is 26.2 Å². The molecule has 4 rings (SSSR count). The van der Waals surface area contributed by atoms with Crippen LogP contribution in [0.1, 0.15) is 12.5 Å². The van der Waals surface area contributed by atoms with Crippen LogP contribution in [0, 0.1) is 5.82 Å². The van der Waals surface area contributed by atoms with Gasteiger partial charge in [-0.2, -0.15) is 4.31 Å². The molecular weight excluding hydrogens is 423 g/mol. The Morgan fingerprint density at radius 1 is 1.00 bits per heavy atom. The summed E-state index contributed by atoms with van der Waals surface area (Å²) < 4.78 is 40.2. The smallest absolute Gasteiger partial charge is 0.319 e. The van der Waals surface area contributed by atoms with Gasteiger partial charge in [0.25, 0.3) is 5.91 Å². The highest BCUT2D eigenvalue weighted by atomic mass is 32.2. The molecule has 0 saturated carbocycles. The Hall–Kier alpha value is -2.82. The molecule has 1 atom stereocenters. The lowest BCUT2D eigenvalue weighted by molar-refractivity contribution is -0.132. The molecule has 0 unspecified atom stereocenters. The van der Waals surface area contributed by atoms with Crippen molar-refractivity contribution in [3.05, 3.63) is 66.0 Å². The number of halogens is 1. The van der Waals surface area contributed by atoms with E-state index >= 15 is 0 Å². The van der Waals surface area contributed by atoms with E-state index in [0.717, 1.165) is 11.0 Å². The van der Waals surface area contributed by atoms with Gasteiger partial charge >= 0.3 is 6.03 Å². The highest BCUT2D eigenvalue weighted by molar-refractivity contribution is 7.89. The summed E-state index contributed by atoms with van der Waals surface area (Å²) in [5.41, 5.74) is -0.442. The number of hydrogen-bond acceptors (Lipinski definition) is 5. The van der Waals surface area contributed by atoms with E-state index in [2.05, 4.69) is 5.32 Å². The maximum atomic E-state index is 13.4. The summed E-state index contributed by atoms with van der Waals surface area (Å²) in [5, 5.41) is 2.76. The first-order valence-corrected chi connectivity index (χ1v) is 11.3. The van der Waals surface area contributed by atoms with Crippen molar-refractivity contribution < 1.29 is 22.4 Å². The predicted octanol–water partition coefficient (Wildman–Crippen LogP) is 1.56. The second-order valence-electron chi connectivity index (χ2n) is 7.78. The zero-order valence-electron chi connectivity index (χ0n) is 17.0. The number of hydrogen-bond donors (Lipinski definition) is 1. The molecule has 2 aromatic rings. The lowest BCUT2D eigenvalue weighted by Crippen LogP contribution is -2.52.